The number of carbonyl (C=O) groups excluding carboxylic acids is 2. The lowest BCUT2D eigenvalue weighted by molar-refractivity contribution is -0.143. The fourth-order valence-electron chi connectivity index (χ4n) is 3.04. The van der Waals surface area contributed by atoms with E-state index in [-0.39, 0.29) is 18.4 Å². The van der Waals surface area contributed by atoms with Gasteiger partial charge in [-0.25, -0.2) is 4.79 Å². The molecule has 30 heavy (non-hydrogen) atoms. The van der Waals surface area contributed by atoms with Crippen LogP contribution in [-0.4, -0.2) is 32.1 Å². The molecule has 3 aromatic rings. The van der Waals surface area contributed by atoms with E-state index in [0.29, 0.717) is 6.54 Å². The quantitative estimate of drug-likeness (QED) is 0.449. The summed E-state index contributed by atoms with van der Waals surface area (Å²) in [7, 11) is 1.63. The molecule has 0 saturated heterocycles. The van der Waals surface area contributed by atoms with Gasteiger partial charge in [0.05, 0.1) is 7.11 Å². The van der Waals surface area contributed by atoms with Crippen LogP contribution in [-0.2, 0) is 14.3 Å². The van der Waals surface area contributed by atoms with Crippen molar-refractivity contribution in [1.29, 1.82) is 0 Å². The van der Waals surface area contributed by atoms with E-state index in [1.165, 1.54) is 6.08 Å². The second-order valence-corrected chi connectivity index (χ2v) is 7.03. The topological polar surface area (TPSA) is 64.6 Å². The number of fused-ring (bicyclic) bond motifs is 1. The van der Waals surface area contributed by atoms with Crippen molar-refractivity contribution >= 4 is 28.7 Å². The Labute approximate surface area is 176 Å². The van der Waals surface area contributed by atoms with E-state index < -0.39 is 5.97 Å². The van der Waals surface area contributed by atoms with Crippen LogP contribution in [0.15, 0.2) is 72.8 Å². The van der Waals surface area contributed by atoms with Crippen LogP contribution in [0.1, 0.15) is 24.0 Å². The normalized spacial score (nSPS) is 11.9. The molecule has 0 saturated carbocycles. The highest BCUT2D eigenvalue weighted by Gasteiger charge is 2.09. The highest BCUT2D eigenvalue weighted by molar-refractivity contribution is 5.91. The van der Waals surface area contributed by atoms with Crippen LogP contribution in [0.2, 0.25) is 0 Å². The van der Waals surface area contributed by atoms with Gasteiger partial charge in [-0.1, -0.05) is 55.5 Å². The van der Waals surface area contributed by atoms with Gasteiger partial charge in [0.1, 0.15) is 5.75 Å². The Morgan fingerprint density at radius 1 is 1.00 bits per heavy atom. The lowest BCUT2D eigenvalue weighted by Gasteiger charge is -2.12. The van der Waals surface area contributed by atoms with Gasteiger partial charge in [-0.3, -0.25) is 4.79 Å². The number of hydrogen-bond acceptors (Lipinski definition) is 4. The zero-order valence-electron chi connectivity index (χ0n) is 17.1. The average Bonchev–Trinajstić information content (AvgIpc) is 2.79. The Balaban J connectivity index is 1.46. The molecule has 3 aromatic carbocycles. The van der Waals surface area contributed by atoms with Crippen molar-refractivity contribution in [1.82, 2.24) is 5.32 Å². The predicted molar refractivity (Wildman–Crippen MR) is 118 cm³/mol. The standard InChI is InChI=1S/C25H25NO4/c1-18(20-6-4-3-5-7-20)16-26-24(27)17-30-25(28)13-9-19-8-10-22-15-23(29-2)12-11-21(22)14-19/h3-15,18H,16-17H2,1-2H3,(H,26,27)/b13-9+/t18-/m0/s1. The summed E-state index contributed by atoms with van der Waals surface area (Å²) in [5, 5.41) is 4.88. The summed E-state index contributed by atoms with van der Waals surface area (Å²) in [5.74, 6) is 0.0969. The molecule has 0 aliphatic heterocycles. The summed E-state index contributed by atoms with van der Waals surface area (Å²) < 4.78 is 10.2. The summed E-state index contributed by atoms with van der Waals surface area (Å²) in [6.07, 6.45) is 2.99. The summed E-state index contributed by atoms with van der Waals surface area (Å²) in [6, 6.07) is 21.6. The van der Waals surface area contributed by atoms with Gasteiger partial charge in [0.25, 0.3) is 5.91 Å². The van der Waals surface area contributed by atoms with E-state index in [4.69, 9.17) is 9.47 Å². The molecule has 5 heteroatoms. The molecule has 154 valence electrons. The molecule has 1 atom stereocenters. The van der Waals surface area contributed by atoms with Gasteiger partial charge in [-0.05, 0) is 52.1 Å². The van der Waals surface area contributed by atoms with E-state index in [9.17, 15) is 9.59 Å². The number of hydrogen-bond donors (Lipinski definition) is 1. The second kappa shape index (κ2) is 10.3. The Morgan fingerprint density at radius 2 is 1.73 bits per heavy atom. The minimum atomic E-state index is -0.559. The minimum Gasteiger partial charge on any atom is -0.497 e. The molecule has 0 bridgehead atoms. The van der Waals surface area contributed by atoms with Crippen molar-refractivity contribution in [2.45, 2.75) is 12.8 Å². The average molecular weight is 403 g/mol. The minimum absolute atomic E-state index is 0.179. The van der Waals surface area contributed by atoms with Crippen molar-refractivity contribution in [2.24, 2.45) is 0 Å². The van der Waals surface area contributed by atoms with E-state index in [1.54, 1.807) is 13.2 Å². The van der Waals surface area contributed by atoms with Gasteiger partial charge in [0.2, 0.25) is 0 Å². The van der Waals surface area contributed by atoms with Crippen molar-refractivity contribution in [3.63, 3.8) is 0 Å². The molecular weight excluding hydrogens is 378 g/mol. The molecule has 0 aromatic heterocycles. The van der Waals surface area contributed by atoms with Crippen LogP contribution >= 0.6 is 0 Å². The van der Waals surface area contributed by atoms with Crippen molar-refractivity contribution in [2.75, 3.05) is 20.3 Å². The molecule has 1 N–H and O–H groups in total. The van der Waals surface area contributed by atoms with Crippen LogP contribution in [0, 0.1) is 0 Å². The third-order valence-corrected chi connectivity index (χ3v) is 4.80. The lowest BCUT2D eigenvalue weighted by atomic mass is 10.0. The van der Waals surface area contributed by atoms with E-state index in [0.717, 1.165) is 27.6 Å². The maximum Gasteiger partial charge on any atom is 0.331 e. The number of esters is 1. The largest absolute Gasteiger partial charge is 0.497 e. The van der Waals surface area contributed by atoms with Gasteiger partial charge in [-0.2, -0.15) is 0 Å². The molecule has 1 amide bonds. The zero-order chi connectivity index (χ0) is 21.3. The van der Waals surface area contributed by atoms with Gasteiger partial charge in [0, 0.05) is 12.6 Å². The highest BCUT2D eigenvalue weighted by Crippen LogP contribution is 2.22. The zero-order valence-corrected chi connectivity index (χ0v) is 17.1. The Kier molecular flexibility index (Phi) is 7.22. The fraction of sp³-hybridized carbons (Fsp3) is 0.200. The summed E-state index contributed by atoms with van der Waals surface area (Å²) in [4.78, 5) is 23.9. The number of rotatable bonds is 8. The Bertz CT molecular complexity index is 1040. The Morgan fingerprint density at radius 3 is 2.50 bits per heavy atom. The fourth-order valence-corrected chi connectivity index (χ4v) is 3.04. The van der Waals surface area contributed by atoms with Crippen LogP contribution in [0.4, 0.5) is 0 Å². The van der Waals surface area contributed by atoms with E-state index in [2.05, 4.69) is 5.32 Å². The molecule has 5 nitrogen and oxygen atoms in total. The number of nitrogens with one attached hydrogen (secondary N) is 1. The maximum absolute atomic E-state index is 11.9. The number of ether oxygens (including phenoxy) is 2. The molecule has 0 unspecified atom stereocenters. The molecule has 0 heterocycles. The van der Waals surface area contributed by atoms with Crippen molar-refractivity contribution < 1.29 is 19.1 Å². The SMILES string of the molecule is COc1ccc2cc(/C=C/C(=O)OCC(=O)NC[C@H](C)c3ccccc3)ccc2c1. The first-order chi connectivity index (χ1) is 14.5. The molecular formula is C25H25NO4. The monoisotopic (exact) mass is 403 g/mol. The highest BCUT2D eigenvalue weighted by atomic mass is 16.5. The Hall–Kier alpha value is -3.60. The van der Waals surface area contributed by atoms with Crippen LogP contribution in [0.5, 0.6) is 5.75 Å². The third kappa shape index (κ3) is 5.95. The molecule has 0 spiro atoms. The van der Waals surface area contributed by atoms with E-state index in [1.807, 2.05) is 73.7 Å². The summed E-state index contributed by atoms with van der Waals surface area (Å²) in [5.41, 5.74) is 2.01. The third-order valence-electron chi connectivity index (χ3n) is 4.80. The molecule has 0 radical (unpaired) electrons. The molecule has 3 rings (SSSR count). The van der Waals surface area contributed by atoms with E-state index >= 15 is 0 Å². The maximum atomic E-state index is 11.9. The first-order valence-corrected chi connectivity index (χ1v) is 9.79. The van der Waals surface area contributed by atoms with Crippen LogP contribution in [0.3, 0.4) is 0 Å². The molecule has 0 aliphatic carbocycles. The number of benzene rings is 3. The van der Waals surface area contributed by atoms with Crippen LogP contribution in [0.25, 0.3) is 16.8 Å². The number of amides is 1. The first kappa shape index (κ1) is 21.1. The van der Waals surface area contributed by atoms with Crippen LogP contribution < -0.4 is 10.1 Å². The second-order valence-electron chi connectivity index (χ2n) is 7.03. The van der Waals surface area contributed by atoms with Gasteiger partial charge in [-0.15, -0.1) is 0 Å². The first-order valence-electron chi connectivity index (χ1n) is 9.79. The molecule has 0 aliphatic rings. The lowest BCUT2D eigenvalue weighted by Crippen LogP contribution is -2.31. The number of methoxy groups -OCH3 is 1. The smallest absolute Gasteiger partial charge is 0.331 e. The van der Waals surface area contributed by atoms with Gasteiger partial charge >= 0.3 is 5.97 Å². The van der Waals surface area contributed by atoms with Gasteiger partial charge < -0.3 is 14.8 Å². The van der Waals surface area contributed by atoms with Crippen molar-refractivity contribution in [3.05, 3.63) is 83.9 Å². The van der Waals surface area contributed by atoms with Crippen molar-refractivity contribution in [3.8, 4) is 5.75 Å². The number of carbonyl (C=O) groups is 2. The summed E-state index contributed by atoms with van der Waals surface area (Å²) in [6.45, 7) is 2.21. The molecule has 0 fully saturated rings. The predicted octanol–water partition coefficient (Wildman–Crippen LogP) is 4.32. The summed E-state index contributed by atoms with van der Waals surface area (Å²) >= 11 is 0. The van der Waals surface area contributed by atoms with Gasteiger partial charge in [0.15, 0.2) is 6.61 Å².